The van der Waals surface area contributed by atoms with E-state index in [-0.39, 0.29) is 5.79 Å². The van der Waals surface area contributed by atoms with Crippen LogP contribution in [0, 0.1) is 17.8 Å². The van der Waals surface area contributed by atoms with E-state index in [0.717, 1.165) is 43.4 Å². The molecule has 2 nitrogen and oxygen atoms in total. The molecule has 3 fully saturated rings. The lowest BCUT2D eigenvalue weighted by Crippen LogP contribution is -2.35. The zero-order chi connectivity index (χ0) is 34.0. The van der Waals surface area contributed by atoms with E-state index in [2.05, 4.69) is 69.4 Å². The van der Waals surface area contributed by atoms with Crippen LogP contribution in [0.5, 0.6) is 0 Å². The fourth-order valence-electron chi connectivity index (χ4n) is 8.63. The fourth-order valence-corrected chi connectivity index (χ4v) is 8.63. The molecule has 2 saturated carbocycles. The molecule has 3 aliphatic rings. The molecule has 2 aliphatic carbocycles. The summed E-state index contributed by atoms with van der Waals surface area (Å²) in [6.45, 7) is 7.02. The molecular weight excluding hydrogens is 585 g/mol. The highest BCUT2D eigenvalue weighted by molar-refractivity contribution is 5.03. The molecule has 0 N–H and O–H groups in total. The Morgan fingerprint density at radius 1 is 0.479 bits per heavy atom. The van der Waals surface area contributed by atoms with Crippen LogP contribution >= 0.6 is 0 Å². The number of hydrogen-bond donors (Lipinski definition) is 0. The largest absolute Gasteiger partial charge is 0.344 e. The van der Waals surface area contributed by atoms with E-state index in [0.29, 0.717) is 12.2 Å². The first-order valence-electron chi connectivity index (χ1n) is 21.6. The fraction of sp³-hybridized carbons (Fsp3) is 0.826. The molecule has 0 radical (unpaired) electrons. The van der Waals surface area contributed by atoms with Gasteiger partial charge < -0.3 is 9.47 Å². The molecule has 1 saturated heterocycles. The van der Waals surface area contributed by atoms with Crippen molar-refractivity contribution < 1.29 is 9.47 Å². The van der Waals surface area contributed by atoms with Crippen LogP contribution in [0.4, 0.5) is 0 Å². The predicted molar refractivity (Wildman–Crippen MR) is 210 cm³/mol. The van der Waals surface area contributed by atoms with Gasteiger partial charge in [-0.3, -0.25) is 0 Å². The molecule has 1 aliphatic heterocycles. The summed E-state index contributed by atoms with van der Waals surface area (Å²) in [5.41, 5.74) is 0. The van der Waals surface area contributed by atoms with Crippen molar-refractivity contribution in [1.82, 2.24) is 0 Å². The van der Waals surface area contributed by atoms with Crippen molar-refractivity contribution >= 4 is 0 Å². The van der Waals surface area contributed by atoms with Crippen molar-refractivity contribution in [3.63, 3.8) is 0 Å². The van der Waals surface area contributed by atoms with Gasteiger partial charge in [0, 0.05) is 12.8 Å². The zero-order valence-electron chi connectivity index (χ0n) is 32.3. The number of unbranched alkanes of at least 4 members (excludes halogenated alkanes) is 18. The van der Waals surface area contributed by atoms with Gasteiger partial charge in [-0.05, 0) is 114 Å². The van der Waals surface area contributed by atoms with Gasteiger partial charge >= 0.3 is 0 Å². The molecule has 2 bridgehead atoms. The Hall–Kier alpha value is -1.12. The Balaban J connectivity index is 1.25. The molecule has 48 heavy (non-hydrogen) atoms. The van der Waals surface area contributed by atoms with Crippen LogP contribution in [-0.4, -0.2) is 18.0 Å². The van der Waals surface area contributed by atoms with Crippen molar-refractivity contribution in [2.24, 2.45) is 17.8 Å². The second-order valence-corrected chi connectivity index (χ2v) is 16.0. The molecule has 5 atom stereocenters. The maximum absolute atomic E-state index is 7.06. The highest BCUT2D eigenvalue weighted by Gasteiger charge is 2.58. The van der Waals surface area contributed by atoms with E-state index in [1.54, 1.807) is 0 Å². The topological polar surface area (TPSA) is 18.5 Å². The van der Waals surface area contributed by atoms with E-state index in [9.17, 15) is 0 Å². The van der Waals surface area contributed by atoms with E-state index < -0.39 is 0 Å². The van der Waals surface area contributed by atoms with Crippen LogP contribution in [0.1, 0.15) is 207 Å². The van der Waals surface area contributed by atoms with Crippen LogP contribution in [0.15, 0.2) is 48.6 Å². The van der Waals surface area contributed by atoms with Crippen molar-refractivity contribution in [2.45, 2.75) is 225 Å². The van der Waals surface area contributed by atoms with Crippen LogP contribution < -0.4 is 0 Å². The Bertz CT molecular complexity index is 834. The lowest BCUT2D eigenvalue weighted by molar-refractivity contribution is -0.203. The zero-order valence-corrected chi connectivity index (χ0v) is 32.3. The summed E-state index contributed by atoms with van der Waals surface area (Å²) in [5.74, 6) is 2.01. The number of ether oxygens (including phenoxy) is 2. The summed E-state index contributed by atoms with van der Waals surface area (Å²) in [5, 5.41) is 0. The van der Waals surface area contributed by atoms with Crippen LogP contribution in [0.25, 0.3) is 0 Å². The van der Waals surface area contributed by atoms with Crippen LogP contribution in [0.3, 0.4) is 0 Å². The standard InChI is InChI=1S/C46H80O2/c1-4-6-8-10-12-14-16-18-20-22-24-26-28-30-32-34-38-46(47-44-42-37-36-41(3)43(40-42)45(44)48-46)39-35-33-31-29-27-25-23-21-19-17-15-13-11-9-7-5-2/h12-15,18-21,41-45H,4-11,16-17,22-40H2,1-3H3/b14-12-,15-13-,20-18-,21-19-/t41-,42?,43?,44-,45+/m1/s1. The van der Waals surface area contributed by atoms with Gasteiger partial charge in [0.05, 0.1) is 12.2 Å². The second kappa shape index (κ2) is 26.7. The summed E-state index contributed by atoms with van der Waals surface area (Å²) >= 11 is 0. The van der Waals surface area contributed by atoms with Crippen LogP contribution in [-0.2, 0) is 9.47 Å². The maximum Gasteiger partial charge on any atom is 0.169 e. The molecule has 0 aromatic heterocycles. The lowest BCUT2D eigenvalue weighted by atomic mass is 9.80. The first kappa shape index (κ1) is 41.3. The van der Waals surface area contributed by atoms with Gasteiger partial charge in [0.1, 0.15) is 0 Å². The quantitative estimate of drug-likeness (QED) is 0.0562. The third-order valence-electron chi connectivity index (χ3n) is 11.7. The monoisotopic (exact) mass is 665 g/mol. The maximum atomic E-state index is 7.06. The number of hydrogen-bond acceptors (Lipinski definition) is 2. The van der Waals surface area contributed by atoms with E-state index in [1.165, 1.54) is 161 Å². The van der Waals surface area contributed by atoms with Crippen molar-refractivity contribution in [3.05, 3.63) is 48.6 Å². The molecule has 2 unspecified atom stereocenters. The van der Waals surface area contributed by atoms with Gasteiger partial charge in [-0.15, -0.1) is 0 Å². The summed E-state index contributed by atoms with van der Waals surface area (Å²) < 4.78 is 14.1. The van der Waals surface area contributed by atoms with Crippen molar-refractivity contribution in [1.29, 1.82) is 0 Å². The smallest absolute Gasteiger partial charge is 0.169 e. The third-order valence-corrected chi connectivity index (χ3v) is 11.7. The third kappa shape index (κ3) is 16.7. The molecule has 276 valence electrons. The minimum Gasteiger partial charge on any atom is -0.344 e. The van der Waals surface area contributed by atoms with Crippen molar-refractivity contribution in [3.8, 4) is 0 Å². The molecule has 0 aromatic carbocycles. The molecule has 1 heterocycles. The van der Waals surface area contributed by atoms with E-state index in [1.807, 2.05) is 0 Å². The van der Waals surface area contributed by atoms with Gasteiger partial charge in [0.15, 0.2) is 5.79 Å². The molecule has 3 rings (SSSR count). The van der Waals surface area contributed by atoms with E-state index in [4.69, 9.17) is 9.47 Å². The highest BCUT2D eigenvalue weighted by atomic mass is 16.8. The van der Waals surface area contributed by atoms with Gasteiger partial charge in [0.2, 0.25) is 0 Å². The number of rotatable bonds is 30. The summed E-state index contributed by atoms with van der Waals surface area (Å²) in [6, 6.07) is 0. The summed E-state index contributed by atoms with van der Waals surface area (Å²) in [6.07, 6.45) is 57.3. The second-order valence-electron chi connectivity index (χ2n) is 16.0. The Kier molecular flexibility index (Phi) is 22.9. The Morgan fingerprint density at radius 2 is 0.896 bits per heavy atom. The normalized spacial score (nSPS) is 25.1. The first-order valence-corrected chi connectivity index (χ1v) is 21.6. The highest BCUT2D eigenvalue weighted by Crippen LogP contribution is 2.55. The van der Waals surface area contributed by atoms with Gasteiger partial charge in [-0.1, -0.05) is 146 Å². The summed E-state index contributed by atoms with van der Waals surface area (Å²) in [4.78, 5) is 0. The first-order chi connectivity index (χ1) is 23.7. The molecule has 2 heteroatoms. The Labute approximate surface area is 300 Å². The lowest BCUT2D eigenvalue weighted by Gasteiger charge is -2.34. The minimum absolute atomic E-state index is 0.284. The van der Waals surface area contributed by atoms with E-state index >= 15 is 0 Å². The minimum atomic E-state index is -0.284. The van der Waals surface area contributed by atoms with Gasteiger partial charge in [-0.25, -0.2) is 0 Å². The molecule has 0 spiro atoms. The summed E-state index contributed by atoms with van der Waals surface area (Å²) in [7, 11) is 0. The predicted octanol–water partition coefficient (Wildman–Crippen LogP) is 14.9. The average Bonchev–Trinajstić information content (AvgIpc) is 3.60. The van der Waals surface area contributed by atoms with Gasteiger partial charge in [-0.2, -0.15) is 0 Å². The molecule has 0 amide bonds. The molecular formula is C46H80O2. The van der Waals surface area contributed by atoms with Crippen molar-refractivity contribution in [2.75, 3.05) is 0 Å². The Morgan fingerprint density at radius 3 is 1.38 bits per heavy atom. The number of fused-ring (bicyclic) bond motifs is 5. The average molecular weight is 665 g/mol. The molecule has 0 aromatic rings. The van der Waals surface area contributed by atoms with Crippen LogP contribution in [0.2, 0.25) is 0 Å². The SMILES string of the molecule is CCCCC/C=C\C/C=C\CCCCCCCCC1(CCCCCCCC/C=C\C/C=C\CCCCC)O[C@@H]2C3CC[C@@H](C)C(C3)[C@@H]2O1. The van der Waals surface area contributed by atoms with Gasteiger partial charge in [0.25, 0.3) is 0 Å². The number of allylic oxidation sites excluding steroid dienone is 8.